The maximum Gasteiger partial charge on any atom is 0.407 e. The summed E-state index contributed by atoms with van der Waals surface area (Å²) in [5.74, 6) is -1.40. The van der Waals surface area contributed by atoms with E-state index in [1.54, 1.807) is 33.3 Å². The van der Waals surface area contributed by atoms with Crippen LogP contribution in [0.3, 0.4) is 0 Å². The molecule has 2 aromatic rings. The summed E-state index contributed by atoms with van der Waals surface area (Å²) in [4.78, 5) is 110. The Labute approximate surface area is 393 Å². The van der Waals surface area contributed by atoms with Crippen LogP contribution < -0.4 is 21.3 Å². The highest BCUT2D eigenvalue weighted by atomic mass is 32.2. The van der Waals surface area contributed by atoms with Gasteiger partial charge >= 0.3 is 12.2 Å². The number of nitrogens with one attached hydrogen (secondary N) is 4. The van der Waals surface area contributed by atoms with Crippen LogP contribution in [0.15, 0.2) is 48.5 Å². The zero-order valence-electron chi connectivity index (χ0n) is 38.7. The van der Waals surface area contributed by atoms with E-state index in [2.05, 4.69) is 21.3 Å². The van der Waals surface area contributed by atoms with Gasteiger partial charge in [-0.05, 0) is 110 Å². The van der Waals surface area contributed by atoms with Gasteiger partial charge in [-0.15, -0.1) is 23.5 Å². The number of amides is 8. The average molecular weight is 951 g/mol. The number of likely N-dealkylation sites (N-methyl/N-ethyl adjacent to an activating group) is 2. The number of aryl methyl sites for hydroxylation is 2. The summed E-state index contributed by atoms with van der Waals surface area (Å²) in [5, 5.41) is 29.6. The minimum atomic E-state index is -1.26. The van der Waals surface area contributed by atoms with Gasteiger partial charge in [0, 0.05) is 25.5 Å². The highest BCUT2D eigenvalue weighted by Gasteiger charge is 2.56. The molecule has 358 valence electrons. The van der Waals surface area contributed by atoms with Crippen LogP contribution in [0.5, 0.6) is 0 Å². The van der Waals surface area contributed by atoms with Gasteiger partial charge in [0.1, 0.15) is 36.3 Å². The Morgan fingerprint density at radius 2 is 0.970 bits per heavy atom. The van der Waals surface area contributed by atoms with E-state index in [-0.39, 0.29) is 34.4 Å². The molecule has 0 aliphatic carbocycles. The topological polar surface area (TPSA) is 238 Å². The average Bonchev–Trinajstić information content (AvgIpc) is 3.58. The molecule has 2 aromatic carbocycles. The number of benzene rings is 2. The lowest BCUT2D eigenvalue weighted by Crippen LogP contribution is -2.57. The van der Waals surface area contributed by atoms with E-state index in [4.69, 9.17) is 0 Å². The van der Waals surface area contributed by atoms with E-state index >= 15 is 0 Å². The van der Waals surface area contributed by atoms with Crippen LogP contribution in [0.1, 0.15) is 78.4 Å². The molecule has 4 heterocycles. The van der Waals surface area contributed by atoms with Crippen molar-refractivity contribution in [2.24, 2.45) is 10.8 Å². The molecular weight excluding hydrogens is 889 g/mol. The minimum absolute atomic E-state index is 0.254. The highest BCUT2D eigenvalue weighted by Crippen LogP contribution is 2.48. The van der Waals surface area contributed by atoms with Crippen LogP contribution in [-0.2, 0) is 41.6 Å². The molecule has 18 nitrogen and oxygen atoms in total. The molecule has 2 unspecified atom stereocenters. The van der Waals surface area contributed by atoms with Gasteiger partial charge in [0.15, 0.2) is 0 Å². The molecule has 0 bridgehead atoms. The molecule has 6 N–H and O–H groups in total. The smallest absolute Gasteiger partial charge is 0.407 e. The first-order valence-electron chi connectivity index (χ1n) is 22.2. The molecule has 4 aliphatic heterocycles. The van der Waals surface area contributed by atoms with E-state index in [1.165, 1.54) is 27.9 Å². The second-order valence-corrected chi connectivity index (χ2v) is 21.6. The van der Waals surface area contributed by atoms with E-state index < -0.39 is 71.1 Å². The van der Waals surface area contributed by atoms with Crippen LogP contribution in [0.4, 0.5) is 21.0 Å². The van der Waals surface area contributed by atoms with Gasteiger partial charge in [-0.2, -0.15) is 0 Å². The molecule has 4 aliphatic rings. The Hall–Kier alpha value is -5.50. The summed E-state index contributed by atoms with van der Waals surface area (Å²) in [5.41, 5.74) is 2.08. The van der Waals surface area contributed by atoms with Crippen molar-refractivity contribution in [2.45, 2.75) is 127 Å². The van der Waals surface area contributed by atoms with Crippen molar-refractivity contribution in [2.75, 3.05) is 36.2 Å². The van der Waals surface area contributed by atoms with E-state index in [9.17, 15) is 48.6 Å². The number of carbonyl (C=O) groups excluding carboxylic acids is 6. The summed E-state index contributed by atoms with van der Waals surface area (Å²) < 4.78 is 0. The fourth-order valence-corrected chi connectivity index (χ4v) is 12.3. The van der Waals surface area contributed by atoms with Gasteiger partial charge in [0.25, 0.3) is 0 Å². The van der Waals surface area contributed by atoms with Crippen molar-refractivity contribution in [3.63, 3.8) is 0 Å². The van der Waals surface area contributed by atoms with Crippen molar-refractivity contribution >= 4 is 82.5 Å². The molecule has 0 spiro atoms. The quantitative estimate of drug-likeness (QED) is 0.163. The molecule has 4 fully saturated rings. The number of carboxylic acid groups (broad SMARTS) is 2. The zero-order chi connectivity index (χ0) is 48.4. The van der Waals surface area contributed by atoms with Gasteiger partial charge in [-0.3, -0.25) is 38.6 Å². The molecular formula is C46H62N8O10S2. The maximum absolute atomic E-state index is 14.0. The summed E-state index contributed by atoms with van der Waals surface area (Å²) in [6.07, 6.45) is 0.751. The first-order valence-corrected chi connectivity index (χ1v) is 24.3. The number of thioether (sulfide) groups is 2. The Bertz CT molecular complexity index is 2050. The number of nitrogens with zero attached hydrogens (tertiary/aromatic N) is 4. The summed E-state index contributed by atoms with van der Waals surface area (Å²) in [6, 6.07) is 9.62. The number of hydrogen-bond acceptors (Lipinski definition) is 10. The second kappa shape index (κ2) is 20.2. The third kappa shape index (κ3) is 10.9. The summed E-state index contributed by atoms with van der Waals surface area (Å²) >= 11 is 3.15. The van der Waals surface area contributed by atoms with E-state index in [0.29, 0.717) is 61.4 Å². The molecule has 4 saturated heterocycles. The number of carbonyl (C=O) groups is 8. The molecule has 0 aromatic heterocycles. The lowest BCUT2D eigenvalue weighted by molar-refractivity contribution is -0.142. The number of hydrogen-bond donors (Lipinski definition) is 6. The van der Waals surface area contributed by atoms with Crippen molar-refractivity contribution in [3.05, 3.63) is 59.7 Å². The molecule has 0 radical (unpaired) electrons. The van der Waals surface area contributed by atoms with Crippen LogP contribution in [-0.4, -0.2) is 150 Å². The lowest BCUT2D eigenvalue weighted by Gasteiger charge is -2.34. The molecule has 66 heavy (non-hydrogen) atoms. The minimum Gasteiger partial charge on any atom is -0.465 e. The summed E-state index contributed by atoms with van der Waals surface area (Å²) in [6.45, 7) is 10.7. The fraction of sp³-hybridized carbons (Fsp3) is 0.565. The Morgan fingerprint density at radius 1 is 0.636 bits per heavy atom. The van der Waals surface area contributed by atoms with Crippen molar-refractivity contribution in [1.29, 1.82) is 0 Å². The Balaban J connectivity index is 1.03. The first kappa shape index (κ1) is 49.9. The molecule has 20 heteroatoms. The predicted molar refractivity (Wildman–Crippen MR) is 252 cm³/mol. The van der Waals surface area contributed by atoms with Crippen molar-refractivity contribution < 1.29 is 48.6 Å². The predicted octanol–water partition coefficient (Wildman–Crippen LogP) is 4.50. The fourth-order valence-electron chi connectivity index (χ4n) is 9.19. The van der Waals surface area contributed by atoms with Gasteiger partial charge in [-0.25, -0.2) is 9.59 Å². The van der Waals surface area contributed by atoms with Gasteiger partial charge < -0.3 is 41.3 Å². The standard InChI is InChI=1S/C46H62N8O10S2/c1-25(51(7)43(61)62)37(55)49-31-19-21-65-33-23-45(3,4)35(53(33)41(31)59)39(57)47-29-15-11-27(12-16-29)9-10-28-13-17-30(18-14-28)48-40(58)36-46(5,6)24-34-54(36)42(60)32(20-22-66-34)50-38(56)26(2)52(8)44(63)64/h11-18,25-26,31-36H,9-10,19-24H2,1-8H3,(H,47,57)(H,48,58)(H,49,55)(H,50,56)(H,61,62)(H,63,64)/t25?,26?,31-,32-,33-,34-,35+,36+/m0/s1. The highest BCUT2D eigenvalue weighted by molar-refractivity contribution is 8.00. The second-order valence-electron chi connectivity index (χ2n) is 19.0. The van der Waals surface area contributed by atoms with Gasteiger partial charge in [0.05, 0.1) is 10.7 Å². The van der Waals surface area contributed by atoms with E-state index in [0.717, 1.165) is 20.9 Å². The van der Waals surface area contributed by atoms with Crippen LogP contribution in [0.2, 0.25) is 0 Å². The third-order valence-corrected chi connectivity index (χ3v) is 15.9. The van der Waals surface area contributed by atoms with E-state index in [1.807, 2.05) is 76.2 Å². The first-order chi connectivity index (χ1) is 31.0. The van der Waals surface area contributed by atoms with Crippen LogP contribution in [0.25, 0.3) is 0 Å². The molecule has 0 saturated carbocycles. The third-order valence-electron chi connectivity index (χ3n) is 13.4. The van der Waals surface area contributed by atoms with Gasteiger partial charge in [-0.1, -0.05) is 52.0 Å². The number of rotatable bonds is 13. The molecule has 6 rings (SSSR count). The van der Waals surface area contributed by atoms with Gasteiger partial charge in [0.2, 0.25) is 35.4 Å². The zero-order valence-corrected chi connectivity index (χ0v) is 40.3. The lowest BCUT2D eigenvalue weighted by atomic mass is 9.84. The monoisotopic (exact) mass is 950 g/mol. The normalized spacial score (nSPS) is 25.2. The molecule has 8 amide bonds. The molecule has 8 atom stereocenters. The van der Waals surface area contributed by atoms with Crippen LogP contribution in [0, 0.1) is 10.8 Å². The Kier molecular flexibility index (Phi) is 15.2. The Morgan fingerprint density at radius 3 is 1.29 bits per heavy atom. The summed E-state index contributed by atoms with van der Waals surface area (Å²) in [7, 11) is 2.58. The van der Waals surface area contributed by atoms with Crippen LogP contribution >= 0.6 is 23.5 Å². The largest absolute Gasteiger partial charge is 0.465 e. The van der Waals surface area contributed by atoms with Crippen molar-refractivity contribution in [3.8, 4) is 0 Å². The van der Waals surface area contributed by atoms with Crippen molar-refractivity contribution in [1.82, 2.24) is 30.2 Å². The number of fused-ring (bicyclic) bond motifs is 2. The number of anilines is 2. The SMILES string of the molecule is CC(C(=O)N[C@H]1CCS[C@H]2CC(C)(C)[C@@H](C(=O)Nc3ccc(CCc4ccc(NC(=O)[C@H]5N6C(=O)[C@@H](NC(=O)C(C)N(C)C(=O)O)CCS[C@H]6CC5(C)C)cc4)cc3)N2C1=O)N(C)C(=O)O. The maximum atomic E-state index is 14.0.